The van der Waals surface area contributed by atoms with Crippen LogP contribution >= 0.6 is 11.3 Å². The molecule has 0 saturated carbocycles. The van der Waals surface area contributed by atoms with Gasteiger partial charge in [-0.25, -0.2) is 0 Å². The zero-order chi connectivity index (χ0) is 12.3. The van der Waals surface area contributed by atoms with Crippen molar-refractivity contribution in [2.24, 2.45) is 0 Å². The standard InChI is InChI=1S/C12H17N3OS/c1-8(2)11-14-12(16-15-11)13-9(3)7-10-5-4-6-17-10/h4-6,8-9H,7H2,1-3H3,(H,13,14,15). The molecule has 0 fully saturated rings. The maximum atomic E-state index is 5.15. The molecule has 0 aromatic carbocycles. The summed E-state index contributed by atoms with van der Waals surface area (Å²) in [5.41, 5.74) is 0. The van der Waals surface area contributed by atoms with E-state index in [-0.39, 0.29) is 6.04 Å². The highest BCUT2D eigenvalue weighted by Gasteiger charge is 2.12. The summed E-state index contributed by atoms with van der Waals surface area (Å²) in [6, 6.07) is 5.00. The lowest BCUT2D eigenvalue weighted by Crippen LogP contribution is -2.17. The predicted octanol–water partition coefficient (Wildman–Crippen LogP) is 3.30. The van der Waals surface area contributed by atoms with Crippen LogP contribution in [0.15, 0.2) is 22.0 Å². The molecule has 0 saturated heterocycles. The van der Waals surface area contributed by atoms with E-state index in [0.29, 0.717) is 11.9 Å². The third kappa shape index (κ3) is 3.30. The minimum atomic E-state index is 0.286. The Morgan fingerprint density at radius 2 is 2.24 bits per heavy atom. The Balaban J connectivity index is 1.91. The first-order valence-corrected chi connectivity index (χ1v) is 6.65. The molecule has 17 heavy (non-hydrogen) atoms. The fraction of sp³-hybridized carbons (Fsp3) is 0.500. The second-order valence-corrected chi connectivity index (χ2v) is 5.47. The molecule has 1 unspecified atom stereocenters. The van der Waals surface area contributed by atoms with Crippen LogP contribution < -0.4 is 5.32 Å². The van der Waals surface area contributed by atoms with E-state index in [1.807, 2.05) is 13.8 Å². The van der Waals surface area contributed by atoms with E-state index < -0.39 is 0 Å². The van der Waals surface area contributed by atoms with Crippen molar-refractivity contribution >= 4 is 17.4 Å². The van der Waals surface area contributed by atoms with Crippen molar-refractivity contribution in [3.05, 3.63) is 28.2 Å². The van der Waals surface area contributed by atoms with E-state index in [4.69, 9.17) is 4.52 Å². The smallest absolute Gasteiger partial charge is 0.321 e. The van der Waals surface area contributed by atoms with Gasteiger partial charge in [0.25, 0.3) is 0 Å². The molecular formula is C12H17N3OS. The number of nitrogens with one attached hydrogen (secondary N) is 1. The quantitative estimate of drug-likeness (QED) is 0.885. The lowest BCUT2D eigenvalue weighted by Gasteiger charge is -2.09. The molecule has 0 spiro atoms. The topological polar surface area (TPSA) is 51.0 Å². The van der Waals surface area contributed by atoms with Gasteiger partial charge in [-0.15, -0.1) is 11.3 Å². The molecule has 2 rings (SSSR count). The summed E-state index contributed by atoms with van der Waals surface area (Å²) in [5, 5.41) is 9.23. The Labute approximate surface area is 105 Å². The van der Waals surface area contributed by atoms with Gasteiger partial charge in [-0.2, -0.15) is 4.98 Å². The van der Waals surface area contributed by atoms with E-state index >= 15 is 0 Å². The van der Waals surface area contributed by atoms with Crippen LogP contribution in [0.3, 0.4) is 0 Å². The zero-order valence-electron chi connectivity index (χ0n) is 10.3. The van der Waals surface area contributed by atoms with Gasteiger partial charge in [0.2, 0.25) is 0 Å². The van der Waals surface area contributed by atoms with E-state index in [1.165, 1.54) is 4.88 Å². The lowest BCUT2D eigenvalue weighted by molar-refractivity contribution is 0.416. The van der Waals surface area contributed by atoms with Crippen LogP contribution in [0.25, 0.3) is 0 Å². The third-order valence-electron chi connectivity index (χ3n) is 2.42. The van der Waals surface area contributed by atoms with Crippen molar-refractivity contribution < 1.29 is 4.52 Å². The second-order valence-electron chi connectivity index (χ2n) is 4.44. The van der Waals surface area contributed by atoms with Crippen LogP contribution in [0, 0.1) is 0 Å². The number of hydrogen-bond acceptors (Lipinski definition) is 5. The van der Waals surface area contributed by atoms with Crippen LogP contribution in [0.1, 0.15) is 37.4 Å². The molecule has 92 valence electrons. The average molecular weight is 251 g/mol. The van der Waals surface area contributed by atoms with Gasteiger partial charge in [-0.1, -0.05) is 25.1 Å². The highest BCUT2D eigenvalue weighted by molar-refractivity contribution is 7.09. The maximum Gasteiger partial charge on any atom is 0.321 e. The fourth-order valence-corrected chi connectivity index (χ4v) is 2.36. The highest BCUT2D eigenvalue weighted by Crippen LogP contribution is 2.16. The van der Waals surface area contributed by atoms with E-state index in [0.717, 1.165) is 12.2 Å². The van der Waals surface area contributed by atoms with Gasteiger partial charge < -0.3 is 9.84 Å². The Morgan fingerprint density at radius 3 is 2.82 bits per heavy atom. The molecule has 0 aliphatic rings. The average Bonchev–Trinajstić information content (AvgIpc) is 2.88. The normalized spacial score (nSPS) is 12.9. The molecule has 2 aromatic rings. The first-order valence-electron chi connectivity index (χ1n) is 5.77. The molecule has 4 nitrogen and oxygen atoms in total. The van der Waals surface area contributed by atoms with Crippen LogP contribution in [-0.4, -0.2) is 16.2 Å². The lowest BCUT2D eigenvalue weighted by atomic mass is 10.2. The van der Waals surface area contributed by atoms with Crippen molar-refractivity contribution in [2.75, 3.05) is 5.32 Å². The summed E-state index contributed by atoms with van der Waals surface area (Å²) in [6.45, 7) is 6.20. The van der Waals surface area contributed by atoms with Crippen LogP contribution in [0.4, 0.5) is 6.01 Å². The zero-order valence-corrected chi connectivity index (χ0v) is 11.1. The molecule has 0 aliphatic heterocycles. The molecule has 1 atom stereocenters. The van der Waals surface area contributed by atoms with Gasteiger partial charge in [-0.05, 0) is 18.4 Å². The van der Waals surface area contributed by atoms with E-state index in [2.05, 4.69) is 39.9 Å². The maximum absolute atomic E-state index is 5.15. The largest absolute Gasteiger partial charge is 0.335 e. The fourth-order valence-electron chi connectivity index (χ4n) is 1.52. The molecule has 0 bridgehead atoms. The summed E-state index contributed by atoms with van der Waals surface area (Å²) in [4.78, 5) is 5.65. The van der Waals surface area contributed by atoms with Crippen LogP contribution in [0.5, 0.6) is 0 Å². The van der Waals surface area contributed by atoms with Crippen molar-refractivity contribution in [1.82, 2.24) is 10.1 Å². The van der Waals surface area contributed by atoms with Crippen molar-refractivity contribution in [3.8, 4) is 0 Å². The minimum Gasteiger partial charge on any atom is -0.335 e. The molecule has 1 N–H and O–H groups in total. The molecule has 0 radical (unpaired) electrons. The first-order chi connectivity index (χ1) is 8.15. The number of rotatable bonds is 5. The number of anilines is 1. The first kappa shape index (κ1) is 12.1. The number of hydrogen-bond donors (Lipinski definition) is 1. The summed E-state index contributed by atoms with van der Waals surface area (Å²) in [5.74, 6) is 1.04. The molecule has 0 aliphatic carbocycles. The van der Waals surface area contributed by atoms with Gasteiger partial charge in [0, 0.05) is 23.3 Å². The van der Waals surface area contributed by atoms with E-state index in [1.54, 1.807) is 11.3 Å². The predicted molar refractivity (Wildman–Crippen MR) is 69.5 cm³/mol. The number of nitrogens with zero attached hydrogens (tertiary/aromatic N) is 2. The number of aromatic nitrogens is 2. The Hall–Kier alpha value is -1.36. The molecular weight excluding hydrogens is 234 g/mol. The monoisotopic (exact) mass is 251 g/mol. The van der Waals surface area contributed by atoms with Gasteiger partial charge in [0.15, 0.2) is 5.82 Å². The van der Waals surface area contributed by atoms with Crippen molar-refractivity contribution in [1.29, 1.82) is 0 Å². The van der Waals surface area contributed by atoms with Gasteiger partial charge >= 0.3 is 6.01 Å². The highest BCUT2D eigenvalue weighted by atomic mass is 32.1. The van der Waals surface area contributed by atoms with Crippen molar-refractivity contribution in [2.45, 2.75) is 39.2 Å². The Kier molecular flexibility index (Phi) is 3.78. The van der Waals surface area contributed by atoms with E-state index in [9.17, 15) is 0 Å². The molecule has 2 heterocycles. The second kappa shape index (κ2) is 5.31. The van der Waals surface area contributed by atoms with Crippen LogP contribution in [-0.2, 0) is 6.42 Å². The SMILES string of the molecule is CC(Cc1cccs1)Nc1nc(C(C)C)no1. The van der Waals surface area contributed by atoms with Crippen molar-refractivity contribution in [3.63, 3.8) is 0 Å². The Bertz CT molecular complexity index is 450. The van der Waals surface area contributed by atoms with Gasteiger partial charge in [-0.3, -0.25) is 0 Å². The molecule has 2 aromatic heterocycles. The van der Waals surface area contributed by atoms with Crippen LogP contribution in [0.2, 0.25) is 0 Å². The molecule has 0 amide bonds. The summed E-state index contributed by atoms with van der Waals surface area (Å²) in [6.07, 6.45) is 0.969. The summed E-state index contributed by atoms with van der Waals surface area (Å²) >= 11 is 1.77. The Morgan fingerprint density at radius 1 is 1.41 bits per heavy atom. The van der Waals surface area contributed by atoms with Gasteiger partial charge in [0.05, 0.1) is 0 Å². The minimum absolute atomic E-state index is 0.286. The molecule has 5 heteroatoms. The summed E-state index contributed by atoms with van der Waals surface area (Å²) in [7, 11) is 0. The third-order valence-corrected chi connectivity index (χ3v) is 3.31. The summed E-state index contributed by atoms with van der Waals surface area (Å²) < 4.78 is 5.15. The van der Waals surface area contributed by atoms with Gasteiger partial charge in [0.1, 0.15) is 0 Å². The number of thiophene rings is 1.